The van der Waals surface area contributed by atoms with Crippen LogP contribution in [0.2, 0.25) is 0 Å². The normalized spacial score (nSPS) is 19.8. The topological polar surface area (TPSA) is 719 Å². The van der Waals surface area contributed by atoms with Gasteiger partial charge in [0.05, 0.1) is 135 Å². The van der Waals surface area contributed by atoms with E-state index in [2.05, 4.69) is 10.6 Å². The van der Waals surface area contributed by atoms with E-state index in [4.69, 9.17) is 60.5 Å². The number of ether oxygens (including phenoxy) is 6. The van der Waals surface area contributed by atoms with Crippen LogP contribution in [0, 0.1) is 0 Å². The van der Waals surface area contributed by atoms with Crippen molar-refractivity contribution in [3.05, 3.63) is 0 Å². The predicted molar refractivity (Wildman–Crippen MR) is 308 cm³/mol. The van der Waals surface area contributed by atoms with E-state index in [1.807, 2.05) is 0 Å². The molecule has 0 radical (unpaired) electrons. The van der Waals surface area contributed by atoms with Crippen LogP contribution < -0.4 is 27.8 Å². The smallest absolute Gasteiger partial charge is 0.407 e. The lowest BCUT2D eigenvalue weighted by molar-refractivity contribution is -0.395. The van der Waals surface area contributed by atoms with Gasteiger partial charge in [-0.15, -0.1) is 0 Å². The number of nitrogens with one attached hydrogen (secondary N) is 2. The maximum absolute atomic E-state index is 12.6. The summed E-state index contributed by atoms with van der Waals surface area (Å²) in [6.07, 6.45) is -42.3. The van der Waals surface area contributed by atoms with Crippen molar-refractivity contribution in [3.63, 3.8) is 0 Å². The highest BCUT2D eigenvalue weighted by molar-refractivity contribution is 5.87. The number of hydrogen-bond donors (Lipinski definition) is 29. The molecule has 23 atom stereocenters. The second-order valence-corrected chi connectivity index (χ2v) is 21.8. The summed E-state index contributed by atoms with van der Waals surface area (Å²) < 4.78 is 31.0. The molecule has 6 unspecified atom stereocenters. The van der Waals surface area contributed by atoms with Gasteiger partial charge in [0.25, 0.3) is 0 Å². The zero-order valence-corrected chi connectivity index (χ0v) is 51.3. The first-order valence-electron chi connectivity index (χ1n) is 29.4. The molecular weight excluding hydrogens is 1270 g/mol. The molecule has 0 aliphatic rings. The molecule has 0 spiro atoms. The first-order chi connectivity index (χ1) is 43.8. The van der Waals surface area contributed by atoms with Gasteiger partial charge in [-0.05, 0) is 0 Å². The number of carbonyl (C=O) groups excluding carboxylic acids is 3. The fourth-order valence-electron chi connectivity index (χ4n) is 7.91. The lowest BCUT2D eigenvalue weighted by Crippen LogP contribution is -2.56. The first-order valence-corrected chi connectivity index (χ1v) is 29.4. The van der Waals surface area contributed by atoms with Crippen molar-refractivity contribution in [1.29, 1.82) is 0 Å². The van der Waals surface area contributed by atoms with Gasteiger partial charge < -0.3 is 179 Å². The van der Waals surface area contributed by atoms with Crippen molar-refractivity contribution in [3.8, 4) is 0 Å². The van der Waals surface area contributed by atoms with Crippen molar-refractivity contribution in [1.82, 2.24) is 20.4 Å². The van der Waals surface area contributed by atoms with E-state index in [1.165, 1.54) is 0 Å². The molecule has 32 N–H and O–H groups in total. The summed E-state index contributed by atoms with van der Waals surface area (Å²) >= 11 is 0. The molecule has 0 rings (SSSR count). The number of aliphatic hydroxyl groups excluding tert-OH is 24. The summed E-state index contributed by atoms with van der Waals surface area (Å²) in [5.41, 5.74) is 16.0. The van der Waals surface area contributed by atoms with E-state index in [1.54, 1.807) is 0 Å². The van der Waals surface area contributed by atoms with E-state index in [-0.39, 0.29) is 78.9 Å². The third kappa shape index (κ3) is 39.1. The van der Waals surface area contributed by atoms with Crippen LogP contribution in [-0.2, 0) is 47.8 Å². The third-order valence-electron chi connectivity index (χ3n) is 13.3. The average molecular weight is 1380 g/mol. The van der Waals surface area contributed by atoms with Crippen LogP contribution in [0.5, 0.6) is 0 Å². The van der Waals surface area contributed by atoms with Crippen LogP contribution in [-0.4, -0.2) is 449 Å². The first kappa shape index (κ1) is 89.8. The van der Waals surface area contributed by atoms with Gasteiger partial charge in [0, 0.05) is 58.9 Å². The monoisotopic (exact) mass is 1380 g/mol. The fourth-order valence-corrected chi connectivity index (χ4v) is 7.91. The maximum atomic E-state index is 12.6. The van der Waals surface area contributed by atoms with Gasteiger partial charge >= 0.3 is 6.09 Å². The van der Waals surface area contributed by atoms with Gasteiger partial charge in [-0.2, -0.15) is 0 Å². The number of aliphatic hydroxyl groups is 24. The molecule has 42 nitrogen and oxygen atoms in total. The van der Waals surface area contributed by atoms with Gasteiger partial charge in [0.1, 0.15) is 110 Å². The van der Waals surface area contributed by atoms with Gasteiger partial charge in [-0.25, -0.2) is 14.6 Å². The summed E-state index contributed by atoms with van der Waals surface area (Å²) in [5, 5.41) is 250. The number of nitrogens with zero attached hydrogens (tertiary/aromatic N) is 2. The molecule has 0 saturated carbocycles. The summed E-state index contributed by atoms with van der Waals surface area (Å²) in [7, 11) is 0. The highest BCUT2D eigenvalue weighted by Gasteiger charge is 2.40. The Morgan fingerprint density at radius 2 is 0.742 bits per heavy atom. The summed E-state index contributed by atoms with van der Waals surface area (Å²) in [6, 6.07) is -1.18. The minimum Gasteiger partial charge on any atom is -0.447 e. The molecule has 554 valence electrons. The van der Waals surface area contributed by atoms with Gasteiger partial charge in [0.2, 0.25) is 11.8 Å². The zero-order chi connectivity index (χ0) is 70.9. The molecule has 0 aliphatic carbocycles. The highest BCUT2D eigenvalue weighted by Crippen LogP contribution is 2.18. The van der Waals surface area contributed by atoms with Gasteiger partial charge in [0.15, 0.2) is 0 Å². The van der Waals surface area contributed by atoms with E-state index in [0.717, 1.165) is 9.80 Å². The van der Waals surface area contributed by atoms with Crippen LogP contribution in [0.25, 0.3) is 0 Å². The summed E-state index contributed by atoms with van der Waals surface area (Å²) in [5.74, 6) is -1.48. The van der Waals surface area contributed by atoms with Gasteiger partial charge in [-0.1, -0.05) is 0 Å². The second-order valence-electron chi connectivity index (χ2n) is 21.8. The number of rotatable bonds is 59. The maximum Gasteiger partial charge on any atom is 0.407 e. The average Bonchev–Trinajstić information content (AvgIpc) is 1.20. The Morgan fingerprint density at radius 1 is 0.398 bits per heavy atom. The van der Waals surface area contributed by atoms with E-state index in [9.17, 15) is 132 Å². The van der Waals surface area contributed by atoms with Gasteiger partial charge in [-0.3, -0.25) is 19.4 Å². The van der Waals surface area contributed by atoms with Crippen LogP contribution in [0.1, 0.15) is 6.42 Å². The van der Waals surface area contributed by atoms with Crippen molar-refractivity contribution in [2.75, 3.05) is 158 Å². The van der Waals surface area contributed by atoms with Crippen LogP contribution in [0.3, 0.4) is 0 Å². The number of carbonyl (C=O) groups is 3. The number of primary amides is 1. The Hall–Kier alpha value is -3.19. The molecule has 0 bridgehead atoms. The molecule has 0 aromatic rings. The molecule has 0 aromatic heterocycles. The number of nitrogens with two attached hydrogens (primary N) is 3. The molecule has 42 heteroatoms. The zero-order valence-electron chi connectivity index (χ0n) is 51.3. The van der Waals surface area contributed by atoms with Crippen LogP contribution in [0.4, 0.5) is 4.79 Å². The second kappa shape index (κ2) is 51.1. The molecule has 0 heterocycles. The van der Waals surface area contributed by atoms with Crippen molar-refractivity contribution in [2.45, 2.75) is 147 Å². The minimum absolute atomic E-state index is 0.165. The van der Waals surface area contributed by atoms with E-state index < -0.39 is 244 Å². The van der Waals surface area contributed by atoms with Crippen LogP contribution in [0.15, 0.2) is 0 Å². The largest absolute Gasteiger partial charge is 0.447 e. The Labute approximate surface area is 534 Å². The molecule has 0 aliphatic heterocycles. The molecule has 0 fully saturated rings. The molecule has 0 saturated heterocycles. The standard InChI is InChI=1S/C51H105N7O35/c52-1-3-57(7-33(69)42(77)45(80)37(73)11-59)10-36(72)49(47(82)39(75)13-61)93-92-40(14-62)48(83)44(79)35(71)9-58(8-34(70)43(78)46(81)38(74)12-60)4-2-55-51(85)91-25-31(68)24-90-23-30(67)22-89-21-29(66)20-88-19-28(65)18-87-17-27(64)16-86-15-26(63)6-56-41(76)5-32(53)50(54)84/h26-40,42-49,59-75,77-83H,1-25,52-53H2,(H2,54,84)(H,55,85)(H,56,76)/t26?,27?,28?,29?,30?,31?,32-,33+,34+,35+,36+,37-,38-,39-,40-,42-,43-,44-,45-,46-,47-,48-,49-/m1/s1. The lowest BCUT2D eigenvalue weighted by Gasteiger charge is -2.36. The SMILES string of the molecule is NCCN(C[C@H](O)[C@@H](O)[C@H](O)[C@H](O)CO)C[C@H](O)[C@@H](OO[C@H](CO)[C@@H](O)[C@H](O)[C@@H](O)CN(CCNC(=O)OCC(O)COCC(O)COCC(O)COCC(O)COCC(O)COCC(O)CNC(=O)C[C@@H](N)C(N)=O)C[C@H](O)[C@@H](O)[C@H](O)[C@H](O)CO)[C@H](O)[C@H](O)CO. The quantitative estimate of drug-likeness (QED) is 0.0199. The van der Waals surface area contributed by atoms with Crippen molar-refractivity contribution >= 4 is 17.9 Å². The summed E-state index contributed by atoms with van der Waals surface area (Å²) in [4.78, 5) is 47.5. The Morgan fingerprint density at radius 3 is 1.12 bits per heavy atom. The van der Waals surface area contributed by atoms with E-state index in [0.29, 0.717) is 0 Å². The van der Waals surface area contributed by atoms with Crippen molar-refractivity contribution < 1.29 is 175 Å². The Bertz CT molecular complexity index is 1900. The number of amides is 3. The molecule has 0 aromatic carbocycles. The molecular formula is C51H105N7O35. The molecule has 3 amide bonds. The van der Waals surface area contributed by atoms with E-state index >= 15 is 0 Å². The predicted octanol–water partition coefficient (Wildman–Crippen LogP) is -18.5. The van der Waals surface area contributed by atoms with Crippen molar-refractivity contribution in [2.24, 2.45) is 17.2 Å². The third-order valence-corrected chi connectivity index (χ3v) is 13.3. The fraction of sp³-hybridized carbons (Fsp3) is 0.941. The number of hydrogen-bond acceptors (Lipinski definition) is 39. The van der Waals surface area contributed by atoms with Crippen LogP contribution >= 0.6 is 0 Å². The number of alkyl carbamates (subject to hydrolysis) is 1. The Kier molecular flexibility index (Phi) is 49.3. The lowest BCUT2D eigenvalue weighted by atomic mass is 10.0. The molecule has 93 heavy (non-hydrogen) atoms. The minimum atomic E-state index is -2.36. The Balaban J connectivity index is 5.23. The highest BCUT2D eigenvalue weighted by atomic mass is 17.2. The summed E-state index contributed by atoms with van der Waals surface area (Å²) in [6.45, 7) is -12.5.